The first kappa shape index (κ1) is 18.6. The van der Waals surface area contributed by atoms with Crippen LogP contribution in [0.15, 0.2) is 79.1 Å². The smallest absolute Gasteiger partial charge is 0.123 e. The molecular weight excluding hydrogens is 339 g/mol. The van der Waals surface area contributed by atoms with Crippen LogP contribution in [-0.2, 0) is 11.8 Å². The van der Waals surface area contributed by atoms with Crippen molar-refractivity contribution in [3.05, 3.63) is 96.1 Å². The maximum absolute atomic E-state index is 13.4. The number of halogens is 1. The van der Waals surface area contributed by atoms with Crippen molar-refractivity contribution in [3.63, 3.8) is 0 Å². The van der Waals surface area contributed by atoms with Gasteiger partial charge in [0.1, 0.15) is 11.6 Å². The minimum Gasteiger partial charge on any atom is -0.494 e. The topological polar surface area (TPSA) is 45.9 Å². The average Bonchev–Trinajstić information content (AvgIpc) is 2.72. The number of nitrogens with zero attached hydrogens (tertiary/aromatic N) is 2. The second-order valence-electron chi connectivity index (χ2n) is 6.50. The summed E-state index contributed by atoms with van der Waals surface area (Å²) in [4.78, 5) is 4.15. The molecule has 3 rings (SSSR count). The molecule has 0 radical (unpaired) electrons. The molecule has 0 saturated heterocycles. The zero-order chi connectivity index (χ0) is 19.0. The largest absolute Gasteiger partial charge is 0.494 e. The van der Waals surface area contributed by atoms with Crippen LogP contribution in [-0.4, -0.2) is 11.6 Å². The second kappa shape index (κ2) is 8.95. The first-order chi connectivity index (χ1) is 13.2. The number of rotatable bonds is 8. The van der Waals surface area contributed by atoms with Crippen molar-refractivity contribution in [2.45, 2.75) is 24.7 Å². The molecule has 0 saturated carbocycles. The highest BCUT2D eigenvalue weighted by atomic mass is 19.1. The lowest BCUT2D eigenvalue weighted by Crippen LogP contribution is -2.28. The molecule has 0 fully saturated rings. The van der Waals surface area contributed by atoms with Crippen LogP contribution < -0.4 is 4.74 Å². The van der Waals surface area contributed by atoms with E-state index in [1.54, 1.807) is 24.5 Å². The molecule has 3 aromatic rings. The van der Waals surface area contributed by atoms with E-state index in [4.69, 9.17) is 4.74 Å². The highest BCUT2D eigenvalue weighted by Gasteiger charge is 2.32. The Morgan fingerprint density at radius 1 is 1.00 bits per heavy atom. The van der Waals surface area contributed by atoms with E-state index >= 15 is 0 Å². The van der Waals surface area contributed by atoms with Crippen LogP contribution in [0.4, 0.5) is 4.39 Å². The standard InChI is InChI=1S/C23H21FN2O/c24-21-11-9-20(10-12-21)23(18-25,16-19-6-4-14-26-17-19)13-5-15-27-22-7-2-1-3-8-22/h1-4,6-12,14,17H,5,13,15-16H2. The van der Waals surface area contributed by atoms with E-state index in [2.05, 4.69) is 11.1 Å². The summed E-state index contributed by atoms with van der Waals surface area (Å²) in [5.41, 5.74) is 1.04. The van der Waals surface area contributed by atoms with Crippen molar-refractivity contribution in [2.75, 3.05) is 6.61 Å². The van der Waals surface area contributed by atoms with Gasteiger partial charge in [-0.15, -0.1) is 0 Å². The zero-order valence-electron chi connectivity index (χ0n) is 15.0. The molecule has 0 spiro atoms. The Labute approximate surface area is 159 Å². The molecule has 27 heavy (non-hydrogen) atoms. The minimum absolute atomic E-state index is 0.306. The monoisotopic (exact) mass is 360 g/mol. The molecular formula is C23H21FN2O. The molecule has 0 aliphatic carbocycles. The van der Waals surface area contributed by atoms with Crippen molar-refractivity contribution in [2.24, 2.45) is 0 Å². The van der Waals surface area contributed by atoms with Gasteiger partial charge in [-0.05, 0) is 60.7 Å². The lowest BCUT2D eigenvalue weighted by atomic mass is 9.74. The Hall–Kier alpha value is -3.19. The summed E-state index contributed by atoms with van der Waals surface area (Å²) in [6, 6.07) is 22.1. The van der Waals surface area contributed by atoms with E-state index in [1.807, 2.05) is 42.5 Å². The number of pyridine rings is 1. The Balaban J connectivity index is 1.76. The highest BCUT2D eigenvalue weighted by molar-refractivity contribution is 5.35. The molecule has 1 heterocycles. The summed E-state index contributed by atoms with van der Waals surface area (Å²) in [7, 11) is 0. The van der Waals surface area contributed by atoms with Gasteiger partial charge in [-0.25, -0.2) is 4.39 Å². The second-order valence-corrected chi connectivity index (χ2v) is 6.50. The number of ether oxygens (including phenoxy) is 1. The Kier molecular flexibility index (Phi) is 6.17. The van der Waals surface area contributed by atoms with E-state index in [0.29, 0.717) is 25.9 Å². The fraction of sp³-hybridized carbons (Fsp3) is 0.217. The Bertz CT molecular complexity index is 876. The number of aromatic nitrogens is 1. The molecule has 0 aliphatic rings. The molecule has 1 atom stereocenters. The number of para-hydroxylation sites is 1. The van der Waals surface area contributed by atoms with Crippen LogP contribution in [0.1, 0.15) is 24.0 Å². The van der Waals surface area contributed by atoms with Crippen LogP contribution in [0.25, 0.3) is 0 Å². The number of hydrogen-bond donors (Lipinski definition) is 0. The predicted octanol–water partition coefficient (Wildman–Crippen LogP) is 5.08. The number of hydrogen-bond acceptors (Lipinski definition) is 3. The van der Waals surface area contributed by atoms with Gasteiger partial charge in [-0.3, -0.25) is 4.98 Å². The van der Waals surface area contributed by atoms with Crippen molar-refractivity contribution < 1.29 is 9.13 Å². The number of nitriles is 1. The van der Waals surface area contributed by atoms with Gasteiger partial charge in [0.05, 0.1) is 18.1 Å². The molecule has 0 aliphatic heterocycles. The van der Waals surface area contributed by atoms with E-state index in [1.165, 1.54) is 12.1 Å². The number of benzene rings is 2. The molecule has 2 aromatic carbocycles. The third kappa shape index (κ3) is 4.92. The van der Waals surface area contributed by atoms with Crippen LogP contribution in [0.2, 0.25) is 0 Å². The summed E-state index contributed by atoms with van der Waals surface area (Å²) < 4.78 is 19.2. The fourth-order valence-corrected chi connectivity index (χ4v) is 3.20. The third-order valence-electron chi connectivity index (χ3n) is 4.60. The molecule has 0 bridgehead atoms. The van der Waals surface area contributed by atoms with Gasteiger partial charge >= 0.3 is 0 Å². The van der Waals surface area contributed by atoms with Crippen LogP contribution in [0.5, 0.6) is 5.75 Å². The van der Waals surface area contributed by atoms with E-state index in [9.17, 15) is 9.65 Å². The van der Waals surface area contributed by atoms with Gasteiger partial charge in [0.25, 0.3) is 0 Å². The Morgan fingerprint density at radius 2 is 1.78 bits per heavy atom. The highest BCUT2D eigenvalue weighted by Crippen LogP contribution is 2.33. The van der Waals surface area contributed by atoms with Crippen LogP contribution in [0, 0.1) is 17.1 Å². The molecule has 136 valence electrons. The fourth-order valence-electron chi connectivity index (χ4n) is 3.20. The van der Waals surface area contributed by atoms with Gasteiger partial charge in [0.2, 0.25) is 0 Å². The van der Waals surface area contributed by atoms with Gasteiger partial charge in [-0.2, -0.15) is 5.26 Å². The SMILES string of the molecule is N#CC(CCCOc1ccccc1)(Cc1cccnc1)c1ccc(F)cc1. The normalized spacial score (nSPS) is 12.7. The first-order valence-electron chi connectivity index (χ1n) is 8.96. The van der Waals surface area contributed by atoms with Crippen molar-refractivity contribution in [3.8, 4) is 11.8 Å². The van der Waals surface area contributed by atoms with E-state index < -0.39 is 5.41 Å². The van der Waals surface area contributed by atoms with E-state index in [-0.39, 0.29) is 5.82 Å². The third-order valence-corrected chi connectivity index (χ3v) is 4.60. The van der Waals surface area contributed by atoms with Gasteiger partial charge in [-0.1, -0.05) is 36.4 Å². The Morgan fingerprint density at radius 3 is 2.44 bits per heavy atom. The minimum atomic E-state index is -0.753. The van der Waals surface area contributed by atoms with Gasteiger partial charge < -0.3 is 4.74 Å². The van der Waals surface area contributed by atoms with Crippen molar-refractivity contribution in [1.82, 2.24) is 4.98 Å². The molecule has 0 N–H and O–H groups in total. The lowest BCUT2D eigenvalue weighted by molar-refractivity contribution is 0.292. The predicted molar refractivity (Wildman–Crippen MR) is 103 cm³/mol. The maximum Gasteiger partial charge on any atom is 0.123 e. The lowest BCUT2D eigenvalue weighted by Gasteiger charge is -2.27. The van der Waals surface area contributed by atoms with Crippen LogP contribution in [0.3, 0.4) is 0 Å². The quantitative estimate of drug-likeness (QED) is 0.526. The molecule has 1 unspecified atom stereocenters. The molecule has 1 aromatic heterocycles. The van der Waals surface area contributed by atoms with Gasteiger partial charge in [0, 0.05) is 12.4 Å². The first-order valence-corrected chi connectivity index (χ1v) is 8.96. The zero-order valence-corrected chi connectivity index (χ0v) is 15.0. The van der Waals surface area contributed by atoms with E-state index in [0.717, 1.165) is 16.9 Å². The summed E-state index contributed by atoms with van der Waals surface area (Å²) in [5.74, 6) is 0.508. The average molecular weight is 360 g/mol. The van der Waals surface area contributed by atoms with Crippen molar-refractivity contribution >= 4 is 0 Å². The maximum atomic E-state index is 13.4. The summed E-state index contributed by atoms with van der Waals surface area (Å²) in [6.45, 7) is 0.516. The van der Waals surface area contributed by atoms with Gasteiger partial charge in [0.15, 0.2) is 0 Å². The summed E-state index contributed by atoms with van der Waals surface area (Å²) in [5, 5.41) is 10.1. The molecule has 3 nitrogen and oxygen atoms in total. The van der Waals surface area contributed by atoms with Crippen molar-refractivity contribution in [1.29, 1.82) is 5.26 Å². The van der Waals surface area contributed by atoms with Crippen LogP contribution >= 0.6 is 0 Å². The summed E-state index contributed by atoms with van der Waals surface area (Å²) >= 11 is 0. The summed E-state index contributed by atoms with van der Waals surface area (Å²) in [6.07, 6.45) is 5.32. The molecule has 0 amide bonds. The molecule has 4 heteroatoms.